The molecular formula is C13H12Cl2N4O3. The number of aromatic hydroxyl groups is 2. The first kappa shape index (κ1) is 16.1. The molecule has 0 fully saturated rings. The summed E-state index contributed by atoms with van der Waals surface area (Å²) in [5, 5.41) is 22.8. The van der Waals surface area contributed by atoms with Gasteiger partial charge in [0.2, 0.25) is 5.95 Å². The van der Waals surface area contributed by atoms with Crippen LogP contribution in [0.1, 0.15) is 16.8 Å². The van der Waals surface area contributed by atoms with E-state index in [9.17, 15) is 15.0 Å². The molecule has 1 aromatic carbocycles. The minimum Gasteiger partial charge on any atom is -0.506 e. The van der Waals surface area contributed by atoms with Gasteiger partial charge in [0.1, 0.15) is 10.8 Å². The maximum atomic E-state index is 11.6. The van der Waals surface area contributed by atoms with Gasteiger partial charge in [0.15, 0.2) is 5.75 Å². The second kappa shape index (κ2) is 6.25. The highest BCUT2D eigenvalue weighted by Gasteiger charge is 2.13. The highest BCUT2D eigenvalue weighted by Crippen LogP contribution is 2.40. The molecule has 0 bridgehead atoms. The number of nitrogens with one attached hydrogen (secondary N) is 2. The Balaban J connectivity index is 2.26. The predicted octanol–water partition coefficient (Wildman–Crippen LogP) is 2.55. The van der Waals surface area contributed by atoms with E-state index in [0.717, 1.165) is 0 Å². The SMILES string of the molecule is Cc1nc(N/N=C\c2cc(Cl)c(O)c(Cl)c2O)[nH]c(=O)c1C. The number of benzene rings is 1. The van der Waals surface area contributed by atoms with E-state index < -0.39 is 5.75 Å². The molecule has 0 amide bonds. The Bertz CT molecular complexity index is 818. The van der Waals surface area contributed by atoms with Crippen molar-refractivity contribution in [2.75, 3.05) is 5.43 Å². The normalized spacial score (nSPS) is 11.1. The molecule has 2 aromatic rings. The average molecular weight is 343 g/mol. The topological polar surface area (TPSA) is 111 Å². The smallest absolute Gasteiger partial charge is 0.255 e. The van der Waals surface area contributed by atoms with Crippen molar-refractivity contribution < 1.29 is 10.2 Å². The Kier molecular flexibility index (Phi) is 4.58. The molecule has 0 aliphatic carbocycles. The second-order valence-corrected chi connectivity index (χ2v) is 5.24. The summed E-state index contributed by atoms with van der Waals surface area (Å²) in [6.45, 7) is 3.36. The number of phenolic OH excluding ortho intramolecular Hbond substituents is 2. The first-order chi connectivity index (χ1) is 10.3. The number of nitrogens with zero attached hydrogens (tertiary/aromatic N) is 2. The number of aromatic nitrogens is 2. The van der Waals surface area contributed by atoms with Crippen molar-refractivity contribution in [3.05, 3.63) is 43.3 Å². The van der Waals surface area contributed by atoms with Gasteiger partial charge in [-0.15, -0.1) is 0 Å². The second-order valence-electron chi connectivity index (χ2n) is 4.45. The molecule has 9 heteroatoms. The molecule has 0 saturated heterocycles. The van der Waals surface area contributed by atoms with Gasteiger partial charge in [0.05, 0.1) is 11.2 Å². The summed E-state index contributed by atoms with van der Waals surface area (Å²) < 4.78 is 0. The van der Waals surface area contributed by atoms with Crippen LogP contribution in [0.3, 0.4) is 0 Å². The average Bonchev–Trinajstić information content (AvgIpc) is 2.47. The minimum atomic E-state index is -0.411. The van der Waals surface area contributed by atoms with Gasteiger partial charge in [-0.3, -0.25) is 9.78 Å². The first-order valence-electron chi connectivity index (χ1n) is 6.07. The van der Waals surface area contributed by atoms with Crippen molar-refractivity contribution in [1.82, 2.24) is 9.97 Å². The molecule has 7 nitrogen and oxygen atoms in total. The summed E-state index contributed by atoms with van der Waals surface area (Å²) >= 11 is 11.5. The highest BCUT2D eigenvalue weighted by molar-refractivity contribution is 6.38. The van der Waals surface area contributed by atoms with Crippen molar-refractivity contribution in [2.24, 2.45) is 5.10 Å². The molecule has 0 saturated carbocycles. The largest absolute Gasteiger partial charge is 0.506 e. The van der Waals surface area contributed by atoms with E-state index in [2.05, 4.69) is 20.5 Å². The van der Waals surface area contributed by atoms with E-state index in [-0.39, 0.29) is 32.9 Å². The van der Waals surface area contributed by atoms with Crippen LogP contribution >= 0.6 is 23.2 Å². The lowest BCUT2D eigenvalue weighted by Gasteiger charge is -2.06. The Morgan fingerprint density at radius 3 is 2.64 bits per heavy atom. The van der Waals surface area contributed by atoms with Gasteiger partial charge in [-0.05, 0) is 19.9 Å². The molecule has 0 unspecified atom stereocenters. The van der Waals surface area contributed by atoms with Crippen molar-refractivity contribution in [3.8, 4) is 11.5 Å². The fraction of sp³-hybridized carbons (Fsp3) is 0.154. The number of anilines is 1. The van der Waals surface area contributed by atoms with Crippen molar-refractivity contribution in [3.63, 3.8) is 0 Å². The molecule has 4 N–H and O–H groups in total. The van der Waals surface area contributed by atoms with E-state index in [4.69, 9.17) is 23.2 Å². The van der Waals surface area contributed by atoms with Gasteiger partial charge in [0, 0.05) is 16.8 Å². The van der Waals surface area contributed by atoms with Crippen LogP contribution in [-0.2, 0) is 0 Å². The van der Waals surface area contributed by atoms with Crippen molar-refractivity contribution in [1.29, 1.82) is 0 Å². The molecule has 0 aliphatic rings. The lowest BCUT2D eigenvalue weighted by molar-refractivity contribution is 0.450. The number of aromatic amines is 1. The number of rotatable bonds is 3. The van der Waals surface area contributed by atoms with E-state index in [1.807, 2.05) is 0 Å². The Morgan fingerprint density at radius 2 is 2.00 bits per heavy atom. The zero-order chi connectivity index (χ0) is 16.4. The highest BCUT2D eigenvalue weighted by atomic mass is 35.5. The van der Waals surface area contributed by atoms with E-state index in [1.54, 1.807) is 13.8 Å². The zero-order valence-electron chi connectivity index (χ0n) is 11.6. The van der Waals surface area contributed by atoms with E-state index in [1.165, 1.54) is 12.3 Å². The number of hydrogen-bond donors (Lipinski definition) is 4. The number of phenols is 2. The monoisotopic (exact) mass is 342 g/mol. The molecule has 0 aliphatic heterocycles. The van der Waals surface area contributed by atoms with Gasteiger partial charge in [-0.25, -0.2) is 10.4 Å². The summed E-state index contributed by atoms with van der Waals surface area (Å²) in [5.74, 6) is -0.624. The fourth-order valence-corrected chi connectivity index (χ4v) is 2.05. The fourth-order valence-electron chi connectivity index (χ4n) is 1.58. The van der Waals surface area contributed by atoms with Crippen LogP contribution in [-0.4, -0.2) is 26.4 Å². The van der Waals surface area contributed by atoms with Gasteiger partial charge in [-0.2, -0.15) is 5.10 Å². The third kappa shape index (κ3) is 3.15. The maximum absolute atomic E-state index is 11.6. The maximum Gasteiger partial charge on any atom is 0.255 e. The number of hydrogen-bond acceptors (Lipinski definition) is 6. The molecule has 1 heterocycles. The molecule has 0 spiro atoms. The van der Waals surface area contributed by atoms with Crippen LogP contribution in [0.2, 0.25) is 10.0 Å². The van der Waals surface area contributed by atoms with E-state index >= 15 is 0 Å². The Hall–Kier alpha value is -2.25. The van der Waals surface area contributed by atoms with Crippen molar-refractivity contribution in [2.45, 2.75) is 13.8 Å². The first-order valence-corrected chi connectivity index (χ1v) is 6.83. The number of hydrazone groups is 1. The third-order valence-corrected chi connectivity index (χ3v) is 3.61. The third-order valence-electron chi connectivity index (χ3n) is 2.97. The van der Waals surface area contributed by atoms with Crippen LogP contribution < -0.4 is 11.0 Å². The van der Waals surface area contributed by atoms with Gasteiger partial charge < -0.3 is 10.2 Å². The van der Waals surface area contributed by atoms with E-state index in [0.29, 0.717) is 11.3 Å². The minimum absolute atomic E-state index is 0.0260. The summed E-state index contributed by atoms with van der Waals surface area (Å²) in [6.07, 6.45) is 1.22. The predicted molar refractivity (Wildman–Crippen MR) is 85.3 cm³/mol. The van der Waals surface area contributed by atoms with Gasteiger partial charge in [0.25, 0.3) is 5.56 Å². The van der Waals surface area contributed by atoms with Gasteiger partial charge >= 0.3 is 0 Å². The number of H-pyrrole nitrogens is 1. The van der Waals surface area contributed by atoms with Crippen LogP contribution in [0.15, 0.2) is 16.0 Å². The lowest BCUT2D eigenvalue weighted by Crippen LogP contribution is -2.15. The molecule has 22 heavy (non-hydrogen) atoms. The molecule has 2 rings (SSSR count). The van der Waals surface area contributed by atoms with Crippen molar-refractivity contribution >= 4 is 35.4 Å². The Labute approximate surface area is 135 Å². The van der Waals surface area contributed by atoms with Crippen LogP contribution in [0.25, 0.3) is 0 Å². The quantitative estimate of drug-likeness (QED) is 0.506. The Morgan fingerprint density at radius 1 is 1.32 bits per heavy atom. The number of aryl methyl sites for hydroxylation is 1. The molecule has 1 aromatic heterocycles. The summed E-state index contributed by atoms with van der Waals surface area (Å²) in [5.41, 5.74) is 3.53. The van der Waals surface area contributed by atoms with Gasteiger partial charge in [-0.1, -0.05) is 23.2 Å². The van der Waals surface area contributed by atoms with Crippen LogP contribution in [0, 0.1) is 13.8 Å². The summed E-state index contributed by atoms with van der Waals surface area (Å²) in [7, 11) is 0. The molecule has 0 radical (unpaired) electrons. The molecule has 0 atom stereocenters. The number of halogens is 2. The molecule has 116 valence electrons. The van der Waals surface area contributed by atoms with Crippen LogP contribution in [0.5, 0.6) is 11.5 Å². The standard InChI is InChI=1S/C13H12Cl2N4O3/c1-5-6(2)17-13(18-12(5)22)19-16-4-7-3-8(14)11(21)9(15)10(7)20/h3-4,20-21H,1-2H3,(H2,17,18,19,22)/b16-4-. The summed E-state index contributed by atoms with van der Waals surface area (Å²) in [6, 6.07) is 1.29. The van der Waals surface area contributed by atoms with Crippen LogP contribution in [0.4, 0.5) is 5.95 Å². The zero-order valence-corrected chi connectivity index (χ0v) is 13.1. The lowest BCUT2D eigenvalue weighted by atomic mass is 10.2. The summed E-state index contributed by atoms with van der Waals surface area (Å²) in [4.78, 5) is 18.2. The molecular weight excluding hydrogens is 331 g/mol.